The molecule has 6 heteroatoms. The van der Waals surface area contributed by atoms with Crippen LogP contribution in [0.1, 0.15) is 10.4 Å². The van der Waals surface area contributed by atoms with Crippen molar-refractivity contribution in [1.29, 1.82) is 5.26 Å². The topological polar surface area (TPSA) is 105 Å². The number of carbonyl (C=O) groups is 2. The molecule has 3 N–H and O–H groups in total. The predicted molar refractivity (Wildman–Crippen MR) is 64.3 cm³/mol. The number of benzene rings is 1. The van der Waals surface area contributed by atoms with Crippen LogP contribution in [-0.4, -0.2) is 19.0 Å². The highest BCUT2D eigenvalue weighted by molar-refractivity contribution is 5.94. The third-order valence-corrected chi connectivity index (χ3v) is 2.08. The summed E-state index contributed by atoms with van der Waals surface area (Å²) in [6.07, 6.45) is 1.23. The Balaban J connectivity index is 2.80. The standard InChI is InChI=1S/C12H11N3O3/c1-18-12(17)9(6-13)7-15-10-4-2-8(3-5-10)11(14)16/h2-5,7,15H,1H3,(H2,14,16)/b9-7-. The molecule has 0 aliphatic rings. The maximum absolute atomic E-state index is 11.1. The van der Waals surface area contributed by atoms with E-state index in [2.05, 4.69) is 10.1 Å². The van der Waals surface area contributed by atoms with Crippen molar-refractivity contribution in [3.8, 4) is 6.07 Å². The SMILES string of the molecule is COC(=O)/C(C#N)=C\Nc1ccc(C(N)=O)cc1. The molecule has 18 heavy (non-hydrogen) atoms. The van der Waals surface area contributed by atoms with Crippen molar-refractivity contribution in [2.24, 2.45) is 5.73 Å². The number of methoxy groups -OCH3 is 1. The average molecular weight is 245 g/mol. The van der Waals surface area contributed by atoms with Gasteiger partial charge in [0.15, 0.2) is 5.57 Å². The van der Waals surface area contributed by atoms with Gasteiger partial charge < -0.3 is 15.8 Å². The molecule has 1 rings (SSSR count). The molecular weight excluding hydrogens is 234 g/mol. The lowest BCUT2D eigenvalue weighted by molar-refractivity contribution is -0.135. The first-order valence-corrected chi connectivity index (χ1v) is 4.93. The second-order valence-corrected chi connectivity index (χ2v) is 3.25. The normalized spacial score (nSPS) is 10.3. The number of nitrogens with zero attached hydrogens (tertiary/aromatic N) is 1. The number of amides is 1. The fourth-order valence-corrected chi connectivity index (χ4v) is 1.13. The summed E-state index contributed by atoms with van der Waals surface area (Å²) < 4.78 is 4.41. The zero-order chi connectivity index (χ0) is 13.5. The lowest BCUT2D eigenvalue weighted by Gasteiger charge is -2.02. The molecule has 0 radical (unpaired) electrons. The third kappa shape index (κ3) is 3.35. The Labute approximate surface area is 104 Å². The Morgan fingerprint density at radius 1 is 1.39 bits per heavy atom. The molecule has 6 nitrogen and oxygen atoms in total. The minimum Gasteiger partial charge on any atom is -0.465 e. The third-order valence-electron chi connectivity index (χ3n) is 2.08. The Kier molecular flexibility index (Phi) is 4.46. The number of nitrogens with two attached hydrogens (primary N) is 1. The Hall–Kier alpha value is -2.81. The van der Waals surface area contributed by atoms with E-state index in [1.54, 1.807) is 18.2 Å². The number of ether oxygens (including phenoxy) is 1. The Bertz CT molecular complexity index is 526. The highest BCUT2D eigenvalue weighted by Crippen LogP contribution is 2.09. The van der Waals surface area contributed by atoms with Gasteiger partial charge in [0.1, 0.15) is 6.07 Å². The van der Waals surface area contributed by atoms with Crippen LogP contribution in [0.25, 0.3) is 0 Å². The molecule has 0 aliphatic carbocycles. The van der Waals surface area contributed by atoms with Crippen LogP contribution in [0.2, 0.25) is 0 Å². The minimum absolute atomic E-state index is 0.156. The van der Waals surface area contributed by atoms with Gasteiger partial charge in [-0.1, -0.05) is 0 Å². The highest BCUT2D eigenvalue weighted by atomic mass is 16.5. The van der Waals surface area contributed by atoms with Gasteiger partial charge in [-0.2, -0.15) is 5.26 Å². The van der Waals surface area contributed by atoms with Crippen molar-refractivity contribution >= 4 is 17.6 Å². The quantitative estimate of drug-likeness (QED) is 0.463. The number of primary amides is 1. The van der Waals surface area contributed by atoms with Crippen LogP contribution in [0.15, 0.2) is 36.0 Å². The molecule has 0 spiro atoms. The van der Waals surface area contributed by atoms with Gasteiger partial charge in [-0.25, -0.2) is 4.79 Å². The van der Waals surface area contributed by atoms with E-state index in [1.807, 2.05) is 0 Å². The van der Waals surface area contributed by atoms with E-state index in [9.17, 15) is 9.59 Å². The molecule has 0 unspecified atom stereocenters. The summed E-state index contributed by atoms with van der Waals surface area (Å²) in [5.41, 5.74) is 5.91. The predicted octanol–water partition coefficient (Wildman–Crippen LogP) is 0.778. The summed E-state index contributed by atoms with van der Waals surface area (Å²) in [6, 6.07) is 7.96. The van der Waals surface area contributed by atoms with Gasteiger partial charge in [0.2, 0.25) is 5.91 Å². The van der Waals surface area contributed by atoms with Crippen molar-refractivity contribution < 1.29 is 14.3 Å². The van der Waals surface area contributed by atoms with Gasteiger partial charge in [-0.15, -0.1) is 0 Å². The molecule has 1 aromatic rings. The molecule has 0 aliphatic heterocycles. The van der Waals surface area contributed by atoms with Crippen LogP contribution in [0, 0.1) is 11.3 Å². The van der Waals surface area contributed by atoms with Crippen molar-refractivity contribution in [2.75, 3.05) is 12.4 Å². The largest absolute Gasteiger partial charge is 0.465 e. The van der Waals surface area contributed by atoms with Gasteiger partial charge in [-0.05, 0) is 24.3 Å². The summed E-state index contributed by atoms with van der Waals surface area (Å²) in [5, 5.41) is 11.4. The number of carbonyl (C=O) groups excluding carboxylic acids is 2. The number of esters is 1. The number of hydrogen-bond acceptors (Lipinski definition) is 5. The minimum atomic E-state index is -0.723. The molecule has 0 fully saturated rings. The van der Waals surface area contributed by atoms with Crippen LogP contribution in [0.5, 0.6) is 0 Å². The molecule has 0 saturated carbocycles. The van der Waals surface area contributed by atoms with Gasteiger partial charge in [0.05, 0.1) is 7.11 Å². The average Bonchev–Trinajstić information content (AvgIpc) is 2.39. The molecule has 0 aromatic heterocycles. The van der Waals surface area contributed by atoms with Gasteiger partial charge in [-0.3, -0.25) is 4.79 Å². The number of nitrogens with one attached hydrogen (secondary N) is 1. The van der Waals surface area contributed by atoms with Crippen LogP contribution >= 0.6 is 0 Å². The van der Waals surface area contributed by atoms with E-state index in [4.69, 9.17) is 11.0 Å². The summed E-state index contributed by atoms with van der Waals surface area (Å²) in [7, 11) is 1.19. The molecule has 92 valence electrons. The fourth-order valence-electron chi connectivity index (χ4n) is 1.13. The maximum Gasteiger partial charge on any atom is 0.350 e. The monoisotopic (exact) mass is 245 g/mol. The fraction of sp³-hybridized carbons (Fsp3) is 0.0833. The van der Waals surface area contributed by atoms with E-state index in [1.165, 1.54) is 25.4 Å². The number of anilines is 1. The van der Waals surface area contributed by atoms with Crippen LogP contribution < -0.4 is 11.1 Å². The second kappa shape index (κ2) is 6.06. The summed E-state index contributed by atoms with van der Waals surface area (Å²) in [5.74, 6) is -1.25. The van der Waals surface area contributed by atoms with Crippen molar-refractivity contribution in [1.82, 2.24) is 0 Å². The molecule has 0 heterocycles. The first kappa shape index (κ1) is 13.3. The Morgan fingerprint density at radius 3 is 2.44 bits per heavy atom. The molecule has 0 saturated heterocycles. The van der Waals surface area contributed by atoms with E-state index >= 15 is 0 Å². The van der Waals surface area contributed by atoms with Crippen molar-refractivity contribution in [2.45, 2.75) is 0 Å². The zero-order valence-electron chi connectivity index (χ0n) is 9.64. The van der Waals surface area contributed by atoms with Gasteiger partial charge >= 0.3 is 5.97 Å². The maximum atomic E-state index is 11.1. The zero-order valence-corrected chi connectivity index (χ0v) is 9.64. The van der Waals surface area contributed by atoms with Crippen LogP contribution in [-0.2, 0) is 9.53 Å². The van der Waals surface area contributed by atoms with Crippen LogP contribution in [0.3, 0.4) is 0 Å². The van der Waals surface area contributed by atoms with E-state index in [-0.39, 0.29) is 5.57 Å². The first-order valence-electron chi connectivity index (χ1n) is 4.93. The molecule has 0 atom stereocenters. The molecule has 0 bridgehead atoms. The van der Waals surface area contributed by atoms with Gasteiger partial charge in [0, 0.05) is 17.5 Å². The second-order valence-electron chi connectivity index (χ2n) is 3.25. The summed E-state index contributed by atoms with van der Waals surface area (Å²) >= 11 is 0. The molecule has 1 amide bonds. The molecule has 1 aromatic carbocycles. The molecular formula is C12H11N3O3. The Morgan fingerprint density at radius 2 is 2.00 bits per heavy atom. The first-order chi connectivity index (χ1) is 8.58. The lowest BCUT2D eigenvalue weighted by Crippen LogP contribution is -2.10. The van der Waals surface area contributed by atoms with Crippen LogP contribution in [0.4, 0.5) is 5.69 Å². The number of nitriles is 1. The van der Waals surface area contributed by atoms with Gasteiger partial charge in [0.25, 0.3) is 0 Å². The lowest BCUT2D eigenvalue weighted by atomic mass is 10.2. The van der Waals surface area contributed by atoms with E-state index < -0.39 is 11.9 Å². The summed E-state index contributed by atoms with van der Waals surface area (Å²) in [6.45, 7) is 0. The highest BCUT2D eigenvalue weighted by Gasteiger charge is 2.07. The number of rotatable bonds is 4. The number of hydrogen-bond donors (Lipinski definition) is 2. The van der Waals surface area contributed by atoms with E-state index in [0.29, 0.717) is 11.3 Å². The summed E-state index contributed by atoms with van der Waals surface area (Å²) in [4.78, 5) is 21.9. The smallest absolute Gasteiger partial charge is 0.350 e. The van der Waals surface area contributed by atoms with Crippen molar-refractivity contribution in [3.63, 3.8) is 0 Å². The van der Waals surface area contributed by atoms with E-state index in [0.717, 1.165) is 0 Å². The van der Waals surface area contributed by atoms with Crippen molar-refractivity contribution in [3.05, 3.63) is 41.6 Å².